The molecular weight excluding hydrogens is 391 g/mol. The Morgan fingerprint density at radius 2 is 1.72 bits per heavy atom. The molecule has 0 atom stereocenters. The number of aryl methyl sites for hydroxylation is 1. The Morgan fingerprint density at radius 1 is 1.00 bits per heavy atom. The first kappa shape index (κ1) is 19.1. The van der Waals surface area contributed by atoms with Gasteiger partial charge in [0.15, 0.2) is 0 Å². The van der Waals surface area contributed by atoms with Crippen LogP contribution in [0.1, 0.15) is 12.5 Å². The Bertz CT molecular complexity index is 1190. The molecule has 0 fully saturated rings. The summed E-state index contributed by atoms with van der Waals surface area (Å²) >= 11 is 0. The van der Waals surface area contributed by atoms with E-state index in [0.717, 1.165) is 16.3 Å². The molecule has 0 bridgehead atoms. The molecule has 0 aromatic heterocycles. The number of nitrogens with zero attached hydrogens (tertiary/aromatic N) is 1. The van der Waals surface area contributed by atoms with E-state index < -0.39 is 28.3 Å². The normalized spacial score (nSPS) is 14.1. The highest BCUT2D eigenvalue weighted by Crippen LogP contribution is 2.43. The topological polar surface area (TPSA) is 66.5 Å². The zero-order valence-corrected chi connectivity index (χ0v) is 16.5. The van der Waals surface area contributed by atoms with Crippen LogP contribution in [0.2, 0.25) is 0 Å². The second kappa shape index (κ2) is 7.33. The molecule has 1 N–H and O–H groups in total. The van der Waals surface area contributed by atoms with Gasteiger partial charge in [-0.25, -0.2) is 12.8 Å². The van der Waals surface area contributed by atoms with E-state index in [1.54, 1.807) is 30.3 Å². The number of fused-ring (bicyclic) bond motifs is 3. The molecule has 5 nitrogen and oxygen atoms in total. The van der Waals surface area contributed by atoms with Crippen LogP contribution in [0, 0.1) is 5.82 Å². The predicted molar refractivity (Wildman–Crippen MR) is 111 cm³/mol. The molecular formula is C22H19FN2O3S. The number of carbonyl (C=O) groups excluding carboxylic acids is 1. The van der Waals surface area contributed by atoms with Gasteiger partial charge in [-0.3, -0.25) is 9.10 Å². The van der Waals surface area contributed by atoms with Crippen LogP contribution >= 0.6 is 0 Å². The summed E-state index contributed by atoms with van der Waals surface area (Å²) in [6.45, 7) is 1.62. The minimum atomic E-state index is -3.96. The lowest BCUT2D eigenvalue weighted by Crippen LogP contribution is -2.40. The van der Waals surface area contributed by atoms with Gasteiger partial charge in [0.2, 0.25) is 5.91 Å². The molecule has 3 aromatic carbocycles. The summed E-state index contributed by atoms with van der Waals surface area (Å²) in [7, 11) is -3.96. The first-order valence-corrected chi connectivity index (χ1v) is 10.6. The maximum absolute atomic E-state index is 13.9. The van der Waals surface area contributed by atoms with E-state index in [0.29, 0.717) is 16.8 Å². The molecule has 0 saturated heterocycles. The first-order chi connectivity index (χ1) is 13.9. The van der Waals surface area contributed by atoms with Crippen molar-refractivity contribution in [3.05, 3.63) is 78.1 Å². The lowest BCUT2D eigenvalue weighted by Gasteiger charge is -2.31. The molecule has 1 aliphatic heterocycles. The van der Waals surface area contributed by atoms with Crippen molar-refractivity contribution in [3.63, 3.8) is 0 Å². The molecule has 0 saturated carbocycles. The van der Waals surface area contributed by atoms with E-state index in [2.05, 4.69) is 5.32 Å². The SMILES string of the molecule is CCc1ccc(NC(=O)CN2c3ccc(F)cc3-c3ccccc3S2(=O)=O)cc1. The second-order valence-electron chi connectivity index (χ2n) is 6.77. The number of amides is 1. The van der Waals surface area contributed by atoms with Gasteiger partial charge in [0.05, 0.1) is 10.6 Å². The third kappa shape index (κ3) is 3.49. The first-order valence-electron chi connectivity index (χ1n) is 9.20. The standard InChI is InChI=1S/C22H19FN2O3S/c1-2-15-7-10-17(11-8-15)24-22(26)14-25-20-12-9-16(23)13-19(20)18-5-3-4-6-21(18)29(25,27)28/h3-13H,2,14H2,1H3,(H,24,26). The molecule has 1 amide bonds. The van der Waals surface area contributed by atoms with Crippen LogP contribution in [0.15, 0.2) is 71.6 Å². The summed E-state index contributed by atoms with van der Waals surface area (Å²) in [4.78, 5) is 12.7. The van der Waals surface area contributed by atoms with Crippen LogP contribution in [-0.2, 0) is 21.2 Å². The Kier molecular flexibility index (Phi) is 4.84. The van der Waals surface area contributed by atoms with Gasteiger partial charge < -0.3 is 5.32 Å². The molecule has 1 aliphatic rings. The Balaban J connectivity index is 1.69. The van der Waals surface area contributed by atoms with Crippen molar-refractivity contribution in [1.82, 2.24) is 0 Å². The fourth-order valence-electron chi connectivity index (χ4n) is 3.43. The van der Waals surface area contributed by atoms with Crippen molar-refractivity contribution in [2.75, 3.05) is 16.2 Å². The lowest BCUT2D eigenvalue weighted by molar-refractivity contribution is -0.114. The fraction of sp³-hybridized carbons (Fsp3) is 0.136. The number of anilines is 2. The average molecular weight is 410 g/mol. The second-order valence-corrected chi connectivity index (χ2v) is 8.60. The van der Waals surface area contributed by atoms with Crippen molar-refractivity contribution in [2.45, 2.75) is 18.2 Å². The zero-order chi connectivity index (χ0) is 20.6. The Hall–Kier alpha value is -3.19. The minimum absolute atomic E-state index is 0.0539. The van der Waals surface area contributed by atoms with E-state index in [9.17, 15) is 17.6 Å². The van der Waals surface area contributed by atoms with E-state index in [4.69, 9.17) is 0 Å². The number of sulfonamides is 1. The van der Waals surface area contributed by atoms with E-state index in [1.165, 1.54) is 24.3 Å². The third-order valence-electron chi connectivity index (χ3n) is 4.91. The molecule has 3 aromatic rings. The van der Waals surface area contributed by atoms with Gasteiger partial charge in [-0.05, 0) is 48.4 Å². The summed E-state index contributed by atoms with van der Waals surface area (Å²) in [5.74, 6) is -0.953. The predicted octanol–water partition coefficient (Wildman–Crippen LogP) is 4.20. The number of benzene rings is 3. The minimum Gasteiger partial charge on any atom is -0.325 e. The lowest BCUT2D eigenvalue weighted by atomic mass is 10.0. The van der Waals surface area contributed by atoms with Crippen molar-refractivity contribution < 1.29 is 17.6 Å². The molecule has 7 heteroatoms. The monoisotopic (exact) mass is 410 g/mol. The average Bonchev–Trinajstić information content (AvgIpc) is 2.72. The van der Waals surface area contributed by atoms with Gasteiger partial charge >= 0.3 is 0 Å². The van der Waals surface area contributed by atoms with Crippen molar-refractivity contribution in [2.24, 2.45) is 0 Å². The largest absolute Gasteiger partial charge is 0.325 e. The van der Waals surface area contributed by atoms with Crippen LogP contribution < -0.4 is 9.62 Å². The Labute approximate surface area is 168 Å². The summed E-state index contributed by atoms with van der Waals surface area (Å²) < 4.78 is 41.3. The summed E-state index contributed by atoms with van der Waals surface area (Å²) in [6, 6.07) is 17.6. The summed E-state index contributed by atoms with van der Waals surface area (Å²) in [5.41, 5.74) is 2.86. The van der Waals surface area contributed by atoms with Crippen LogP contribution in [0.3, 0.4) is 0 Å². The highest BCUT2D eigenvalue weighted by molar-refractivity contribution is 7.93. The molecule has 1 heterocycles. The fourth-order valence-corrected chi connectivity index (χ4v) is 5.08. The van der Waals surface area contributed by atoms with Gasteiger partial charge in [-0.2, -0.15) is 0 Å². The maximum Gasteiger partial charge on any atom is 0.265 e. The number of nitrogens with one attached hydrogen (secondary N) is 1. The van der Waals surface area contributed by atoms with E-state index in [-0.39, 0.29) is 10.6 Å². The van der Waals surface area contributed by atoms with E-state index >= 15 is 0 Å². The molecule has 0 aliphatic carbocycles. The number of halogens is 1. The maximum atomic E-state index is 13.9. The van der Waals surface area contributed by atoms with Crippen LogP contribution in [0.25, 0.3) is 11.1 Å². The molecule has 0 spiro atoms. The van der Waals surface area contributed by atoms with Crippen molar-refractivity contribution in [3.8, 4) is 11.1 Å². The van der Waals surface area contributed by atoms with Crippen LogP contribution in [0.5, 0.6) is 0 Å². The third-order valence-corrected chi connectivity index (χ3v) is 6.72. The highest BCUT2D eigenvalue weighted by Gasteiger charge is 2.36. The highest BCUT2D eigenvalue weighted by atomic mass is 32.2. The molecule has 4 rings (SSSR count). The number of carbonyl (C=O) groups is 1. The van der Waals surface area contributed by atoms with Gasteiger partial charge in [0.25, 0.3) is 10.0 Å². The van der Waals surface area contributed by atoms with Crippen LogP contribution in [-0.4, -0.2) is 20.9 Å². The van der Waals surface area contributed by atoms with Gasteiger partial charge in [0, 0.05) is 16.8 Å². The number of rotatable bonds is 4. The van der Waals surface area contributed by atoms with Crippen molar-refractivity contribution >= 4 is 27.3 Å². The van der Waals surface area contributed by atoms with E-state index in [1.807, 2.05) is 19.1 Å². The Morgan fingerprint density at radius 3 is 2.45 bits per heavy atom. The van der Waals surface area contributed by atoms with Gasteiger partial charge in [0.1, 0.15) is 12.4 Å². The molecule has 29 heavy (non-hydrogen) atoms. The van der Waals surface area contributed by atoms with Crippen LogP contribution in [0.4, 0.5) is 15.8 Å². The number of hydrogen-bond acceptors (Lipinski definition) is 3. The molecule has 0 radical (unpaired) electrons. The molecule has 0 unspecified atom stereocenters. The summed E-state index contributed by atoms with van der Waals surface area (Å²) in [5, 5.41) is 2.73. The van der Waals surface area contributed by atoms with Gasteiger partial charge in [-0.15, -0.1) is 0 Å². The molecule has 148 valence electrons. The quantitative estimate of drug-likeness (QED) is 0.701. The summed E-state index contributed by atoms with van der Waals surface area (Å²) in [6.07, 6.45) is 0.882. The van der Waals surface area contributed by atoms with Crippen molar-refractivity contribution in [1.29, 1.82) is 0 Å². The number of hydrogen-bond donors (Lipinski definition) is 1. The van der Waals surface area contributed by atoms with Gasteiger partial charge in [-0.1, -0.05) is 37.3 Å². The zero-order valence-electron chi connectivity index (χ0n) is 15.7. The smallest absolute Gasteiger partial charge is 0.265 e.